The van der Waals surface area contributed by atoms with Gasteiger partial charge >= 0.3 is 5.97 Å². The zero-order chi connectivity index (χ0) is 36.9. The van der Waals surface area contributed by atoms with Gasteiger partial charge in [0.25, 0.3) is 16.4 Å². The van der Waals surface area contributed by atoms with E-state index in [0.717, 1.165) is 34.3 Å². The highest BCUT2D eigenvalue weighted by Gasteiger charge is 2.31. The number of hydrogen-bond donors (Lipinski definition) is 0. The Hall–Kier alpha value is -6.10. The molecular formula is C38H24ClF3N4O5S. The molecule has 0 saturated carbocycles. The van der Waals surface area contributed by atoms with Gasteiger partial charge in [-0.2, -0.15) is 5.10 Å². The van der Waals surface area contributed by atoms with Gasteiger partial charge in [-0.15, -0.1) is 0 Å². The molecule has 7 aromatic rings. The third-order valence-electron chi connectivity index (χ3n) is 8.59. The second-order valence-corrected chi connectivity index (χ2v) is 13.7. The number of esters is 1. The Labute approximate surface area is 299 Å². The molecule has 0 radical (unpaired) electrons. The first-order valence-electron chi connectivity index (χ1n) is 15.4. The van der Waals surface area contributed by atoms with Crippen LogP contribution in [0.3, 0.4) is 0 Å². The van der Waals surface area contributed by atoms with Gasteiger partial charge in [-0.3, -0.25) is 0 Å². The number of fused-ring (bicyclic) bond motifs is 2. The van der Waals surface area contributed by atoms with E-state index >= 15 is 4.39 Å². The predicted octanol–water partition coefficient (Wildman–Crippen LogP) is 9.60. The van der Waals surface area contributed by atoms with Gasteiger partial charge in [0.05, 0.1) is 60.4 Å². The number of methoxy groups -OCH3 is 2. The van der Waals surface area contributed by atoms with E-state index in [4.69, 9.17) is 27.6 Å². The first-order chi connectivity index (χ1) is 25.0. The van der Waals surface area contributed by atoms with Gasteiger partial charge in [0.2, 0.25) is 5.69 Å². The fourth-order valence-corrected chi connectivity index (χ4v) is 8.04. The molecule has 0 aliphatic carbocycles. The molecule has 0 fully saturated rings. The fourth-order valence-electron chi connectivity index (χ4n) is 6.20. The molecule has 0 unspecified atom stereocenters. The number of halogens is 4. The summed E-state index contributed by atoms with van der Waals surface area (Å²) in [6.45, 7) is 7.86. The lowest BCUT2D eigenvalue weighted by atomic mass is 9.95. The number of carbonyl (C=O) groups is 1. The van der Waals surface area contributed by atoms with Gasteiger partial charge in [0, 0.05) is 38.2 Å². The largest absolute Gasteiger partial charge is 0.495 e. The molecule has 4 aromatic carbocycles. The highest BCUT2D eigenvalue weighted by Crippen LogP contribution is 2.47. The van der Waals surface area contributed by atoms with Crippen LogP contribution in [0.2, 0.25) is 5.02 Å². The minimum Gasteiger partial charge on any atom is -0.495 e. The summed E-state index contributed by atoms with van der Waals surface area (Å²) in [5.41, 5.74) is 2.33. The number of aromatic nitrogens is 3. The molecule has 260 valence electrons. The average Bonchev–Trinajstić information content (AvgIpc) is 3.73. The molecule has 14 heteroatoms. The number of benzene rings is 4. The minimum atomic E-state index is -4.60. The zero-order valence-electron chi connectivity index (χ0n) is 27.1. The lowest BCUT2D eigenvalue weighted by Gasteiger charge is -2.16. The number of pyridine rings is 1. The number of hydrogen-bond acceptors (Lipinski definition) is 6. The van der Waals surface area contributed by atoms with Crippen molar-refractivity contribution in [2.45, 2.75) is 11.3 Å². The molecule has 0 spiro atoms. The number of nitrogens with zero attached hydrogens (tertiary/aromatic N) is 4. The van der Waals surface area contributed by atoms with E-state index in [1.807, 2.05) is 0 Å². The summed E-state index contributed by atoms with van der Waals surface area (Å²) in [4.78, 5) is 15.5. The van der Waals surface area contributed by atoms with Crippen LogP contribution >= 0.6 is 11.6 Å². The molecule has 0 N–H and O–H groups in total. The van der Waals surface area contributed by atoms with E-state index in [-0.39, 0.29) is 48.9 Å². The van der Waals surface area contributed by atoms with Crippen LogP contribution in [0.1, 0.15) is 22.3 Å². The Bertz CT molecular complexity index is 2720. The van der Waals surface area contributed by atoms with Crippen molar-refractivity contribution in [2.24, 2.45) is 0 Å². The summed E-state index contributed by atoms with van der Waals surface area (Å²) < 4.78 is 84.6. The molecule has 0 amide bonds. The molecule has 0 bridgehead atoms. The van der Waals surface area contributed by atoms with Crippen LogP contribution in [-0.2, 0) is 14.8 Å². The Morgan fingerprint density at radius 2 is 1.69 bits per heavy atom. The molecule has 9 nitrogen and oxygen atoms in total. The maximum absolute atomic E-state index is 15.2. The average molecular weight is 741 g/mol. The van der Waals surface area contributed by atoms with Gasteiger partial charge < -0.3 is 9.47 Å². The normalized spacial score (nSPS) is 11.7. The molecular weight excluding hydrogens is 717 g/mol. The first kappa shape index (κ1) is 34.4. The van der Waals surface area contributed by atoms with Crippen molar-refractivity contribution in [1.29, 1.82) is 0 Å². The quantitative estimate of drug-likeness (QED) is 0.114. The standard InChI is InChI=1S/C38H24ClF3N4O5S/c1-43-32-19-44-45-20-26(50-2)18-30(36(32)45)34-29-17-25(40)10-14-33(29)46(52(48,49)27-11-7-21(8-12-27)37(41)42)35(34)23-6-4-5-22(15-23)28-13-9-24(16-31(28)39)38(47)51-3/h4-20,37H,2-3H3. The summed E-state index contributed by atoms with van der Waals surface area (Å²) in [5, 5.41) is 4.69. The van der Waals surface area contributed by atoms with E-state index in [1.54, 1.807) is 42.6 Å². The zero-order valence-corrected chi connectivity index (χ0v) is 28.7. The van der Waals surface area contributed by atoms with Crippen molar-refractivity contribution in [2.75, 3.05) is 14.2 Å². The van der Waals surface area contributed by atoms with Gasteiger partial charge in [-0.1, -0.05) is 48.0 Å². The van der Waals surface area contributed by atoms with E-state index in [0.29, 0.717) is 33.5 Å². The van der Waals surface area contributed by atoms with E-state index in [2.05, 4.69) is 9.94 Å². The minimum absolute atomic E-state index is 0.0648. The van der Waals surface area contributed by atoms with Crippen LogP contribution in [0.25, 0.3) is 54.8 Å². The summed E-state index contributed by atoms with van der Waals surface area (Å²) >= 11 is 6.65. The maximum Gasteiger partial charge on any atom is 0.337 e. The molecule has 52 heavy (non-hydrogen) atoms. The van der Waals surface area contributed by atoms with Crippen molar-refractivity contribution in [1.82, 2.24) is 13.6 Å². The third-order valence-corrected chi connectivity index (χ3v) is 10.6. The first-order valence-corrected chi connectivity index (χ1v) is 17.2. The van der Waals surface area contributed by atoms with Crippen LogP contribution < -0.4 is 4.74 Å². The molecule has 0 saturated heterocycles. The molecule has 0 aliphatic heterocycles. The van der Waals surface area contributed by atoms with Crippen molar-refractivity contribution in [3.63, 3.8) is 0 Å². The number of alkyl halides is 2. The smallest absolute Gasteiger partial charge is 0.337 e. The van der Waals surface area contributed by atoms with Gasteiger partial charge in [0.1, 0.15) is 11.6 Å². The highest BCUT2D eigenvalue weighted by atomic mass is 35.5. The van der Waals surface area contributed by atoms with Crippen molar-refractivity contribution in [3.05, 3.63) is 137 Å². The SMILES string of the molecule is [C-]#[N+]c1cnn2cc(OC)cc(-c3c(-c4cccc(-c5ccc(C(=O)OC)cc5Cl)c4)n(S(=O)(=O)c4ccc(C(F)F)cc4)c4ccc(F)cc34)c12. The van der Waals surface area contributed by atoms with Crippen LogP contribution in [0.15, 0.2) is 108 Å². The summed E-state index contributed by atoms with van der Waals surface area (Å²) in [5.74, 6) is -0.944. The fraction of sp³-hybridized carbons (Fsp3) is 0.0789. The van der Waals surface area contributed by atoms with Crippen molar-refractivity contribution in [3.8, 4) is 39.3 Å². The molecule has 3 aromatic heterocycles. The summed E-state index contributed by atoms with van der Waals surface area (Å²) in [6.07, 6.45) is 0.0786. The second-order valence-electron chi connectivity index (χ2n) is 11.5. The summed E-state index contributed by atoms with van der Waals surface area (Å²) in [6, 6.07) is 20.8. The Balaban J connectivity index is 1.61. The van der Waals surface area contributed by atoms with E-state index < -0.39 is 28.2 Å². The van der Waals surface area contributed by atoms with Crippen molar-refractivity contribution < 1.29 is 35.9 Å². The number of rotatable bonds is 8. The van der Waals surface area contributed by atoms with Crippen LogP contribution in [0, 0.1) is 12.4 Å². The Kier molecular flexibility index (Phi) is 8.73. The monoisotopic (exact) mass is 740 g/mol. The van der Waals surface area contributed by atoms with Crippen molar-refractivity contribution >= 4 is 49.7 Å². The molecule has 0 atom stereocenters. The van der Waals surface area contributed by atoms with Crippen LogP contribution in [0.5, 0.6) is 5.75 Å². The molecule has 0 aliphatic rings. The topological polar surface area (TPSA) is 96.3 Å². The molecule has 7 rings (SSSR count). The van der Waals surface area contributed by atoms with E-state index in [1.165, 1.54) is 49.2 Å². The lowest BCUT2D eigenvalue weighted by molar-refractivity contribution is 0.0600. The Morgan fingerprint density at radius 3 is 2.37 bits per heavy atom. The van der Waals surface area contributed by atoms with Gasteiger partial charge in [-0.25, -0.2) is 39.7 Å². The van der Waals surface area contributed by atoms with Gasteiger partial charge in [-0.05, 0) is 60.2 Å². The maximum atomic E-state index is 15.2. The van der Waals surface area contributed by atoms with Gasteiger partial charge in [0.15, 0.2) is 0 Å². The summed E-state index contributed by atoms with van der Waals surface area (Å²) in [7, 11) is -1.92. The predicted molar refractivity (Wildman–Crippen MR) is 190 cm³/mol. The lowest BCUT2D eigenvalue weighted by Crippen LogP contribution is -2.14. The Morgan fingerprint density at radius 1 is 0.942 bits per heavy atom. The highest BCUT2D eigenvalue weighted by molar-refractivity contribution is 7.90. The van der Waals surface area contributed by atoms with Crippen LogP contribution in [-0.4, -0.2) is 42.2 Å². The van der Waals surface area contributed by atoms with Crippen LogP contribution in [0.4, 0.5) is 18.9 Å². The number of ether oxygens (including phenoxy) is 2. The molecule has 3 heterocycles. The second kappa shape index (κ2) is 13.2. The van der Waals surface area contributed by atoms with E-state index in [9.17, 15) is 22.0 Å². The number of carbonyl (C=O) groups excluding carboxylic acids is 1. The third kappa shape index (κ3) is 5.71.